The highest BCUT2D eigenvalue weighted by Crippen LogP contribution is 2.03. The average molecular weight is 196 g/mol. The van der Waals surface area contributed by atoms with Gasteiger partial charge in [-0.05, 0) is 26.0 Å². The van der Waals surface area contributed by atoms with Gasteiger partial charge in [-0.3, -0.25) is 0 Å². The van der Waals surface area contributed by atoms with E-state index in [0.29, 0.717) is 5.56 Å². The number of oxime groups is 1. The van der Waals surface area contributed by atoms with Gasteiger partial charge in [0.25, 0.3) is 0 Å². The standard InChI is InChI=1S/C10H13FN2O/c1-7(2)14-13-10(12)8-4-3-5-9(11)6-8/h3-7H,1-2H3,(H2,12,13). The van der Waals surface area contributed by atoms with Gasteiger partial charge in [0.1, 0.15) is 11.9 Å². The lowest BCUT2D eigenvalue weighted by Crippen LogP contribution is -2.15. The van der Waals surface area contributed by atoms with Crippen LogP contribution in [0.15, 0.2) is 29.4 Å². The van der Waals surface area contributed by atoms with Crippen LogP contribution in [0.1, 0.15) is 19.4 Å². The molecule has 0 radical (unpaired) electrons. The smallest absolute Gasteiger partial charge is 0.170 e. The molecule has 76 valence electrons. The van der Waals surface area contributed by atoms with Gasteiger partial charge in [-0.1, -0.05) is 17.3 Å². The first-order chi connectivity index (χ1) is 6.59. The van der Waals surface area contributed by atoms with Crippen molar-refractivity contribution in [2.75, 3.05) is 0 Å². The molecule has 0 heterocycles. The Morgan fingerprint density at radius 3 is 2.79 bits per heavy atom. The fourth-order valence-electron chi connectivity index (χ4n) is 0.863. The number of hydrogen-bond donors (Lipinski definition) is 1. The van der Waals surface area contributed by atoms with Crippen LogP contribution in [-0.2, 0) is 4.84 Å². The number of rotatable bonds is 3. The molecule has 0 aromatic heterocycles. The zero-order chi connectivity index (χ0) is 10.6. The summed E-state index contributed by atoms with van der Waals surface area (Å²) in [7, 11) is 0. The van der Waals surface area contributed by atoms with Gasteiger partial charge >= 0.3 is 0 Å². The highest BCUT2D eigenvalue weighted by atomic mass is 19.1. The molecule has 2 N–H and O–H groups in total. The van der Waals surface area contributed by atoms with Gasteiger partial charge in [-0.15, -0.1) is 0 Å². The first-order valence-electron chi connectivity index (χ1n) is 4.35. The van der Waals surface area contributed by atoms with E-state index >= 15 is 0 Å². The minimum Gasteiger partial charge on any atom is -0.391 e. The number of nitrogens with zero attached hydrogens (tertiary/aromatic N) is 1. The highest BCUT2D eigenvalue weighted by Gasteiger charge is 2.00. The molecule has 0 saturated heterocycles. The van der Waals surface area contributed by atoms with Gasteiger partial charge < -0.3 is 10.6 Å². The minimum absolute atomic E-state index is 0.0397. The molecule has 0 amide bonds. The van der Waals surface area contributed by atoms with Crippen LogP contribution < -0.4 is 5.73 Å². The Morgan fingerprint density at radius 2 is 2.21 bits per heavy atom. The number of halogens is 1. The SMILES string of the molecule is CC(C)O/N=C(\N)c1cccc(F)c1. The normalized spacial score (nSPS) is 11.9. The van der Waals surface area contributed by atoms with Crippen LogP contribution >= 0.6 is 0 Å². The van der Waals surface area contributed by atoms with E-state index < -0.39 is 0 Å². The summed E-state index contributed by atoms with van der Waals surface area (Å²) in [6.45, 7) is 3.67. The second-order valence-corrected chi connectivity index (χ2v) is 3.14. The average Bonchev–Trinajstić information content (AvgIpc) is 2.14. The van der Waals surface area contributed by atoms with Crippen molar-refractivity contribution >= 4 is 5.84 Å². The number of nitrogens with two attached hydrogens (primary N) is 1. The lowest BCUT2D eigenvalue weighted by molar-refractivity contribution is 0.0858. The van der Waals surface area contributed by atoms with E-state index in [-0.39, 0.29) is 17.8 Å². The molecule has 0 atom stereocenters. The molecular formula is C10H13FN2O. The van der Waals surface area contributed by atoms with E-state index in [4.69, 9.17) is 10.6 Å². The highest BCUT2D eigenvalue weighted by molar-refractivity contribution is 5.96. The molecule has 1 aromatic carbocycles. The largest absolute Gasteiger partial charge is 0.391 e. The molecule has 3 nitrogen and oxygen atoms in total. The second-order valence-electron chi connectivity index (χ2n) is 3.14. The monoisotopic (exact) mass is 196 g/mol. The summed E-state index contributed by atoms with van der Waals surface area (Å²) in [4.78, 5) is 4.94. The van der Waals surface area contributed by atoms with Crippen LogP contribution in [0.5, 0.6) is 0 Å². The Balaban J connectivity index is 2.78. The molecular weight excluding hydrogens is 183 g/mol. The molecule has 0 unspecified atom stereocenters. The van der Waals surface area contributed by atoms with Crippen LogP contribution in [0.4, 0.5) is 4.39 Å². The zero-order valence-corrected chi connectivity index (χ0v) is 8.20. The maximum Gasteiger partial charge on any atom is 0.170 e. The van der Waals surface area contributed by atoms with E-state index in [1.165, 1.54) is 12.1 Å². The Hall–Kier alpha value is -1.58. The Kier molecular flexibility index (Phi) is 3.45. The number of hydrogen-bond acceptors (Lipinski definition) is 2. The van der Waals surface area contributed by atoms with Crippen molar-refractivity contribution in [3.63, 3.8) is 0 Å². The van der Waals surface area contributed by atoms with Gasteiger partial charge in [0.2, 0.25) is 0 Å². The molecule has 0 aliphatic heterocycles. The van der Waals surface area contributed by atoms with Crippen molar-refractivity contribution in [1.29, 1.82) is 0 Å². The van der Waals surface area contributed by atoms with Crippen LogP contribution in [-0.4, -0.2) is 11.9 Å². The lowest BCUT2D eigenvalue weighted by Gasteiger charge is -2.04. The third-order valence-corrected chi connectivity index (χ3v) is 1.48. The molecule has 1 rings (SSSR count). The predicted molar refractivity (Wildman–Crippen MR) is 53.3 cm³/mol. The van der Waals surface area contributed by atoms with Crippen molar-refractivity contribution < 1.29 is 9.23 Å². The molecule has 14 heavy (non-hydrogen) atoms. The van der Waals surface area contributed by atoms with E-state index in [1.54, 1.807) is 12.1 Å². The zero-order valence-electron chi connectivity index (χ0n) is 8.20. The molecule has 1 aromatic rings. The summed E-state index contributed by atoms with van der Waals surface area (Å²) in [5, 5.41) is 3.66. The first kappa shape index (κ1) is 10.5. The molecule has 0 aliphatic carbocycles. The van der Waals surface area contributed by atoms with Crippen molar-refractivity contribution in [1.82, 2.24) is 0 Å². The maximum absolute atomic E-state index is 12.8. The quantitative estimate of drug-likeness (QED) is 0.455. The minimum atomic E-state index is -0.342. The van der Waals surface area contributed by atoms with Crippen LogP contribution in [0.2, 0.25) is 0 Å². The molecule has 4 heteroatoms. The summed E-state index contributed by atoms with van der Waals surface area (Å²) in [5.41, 5.74) is 6.09. The molecule has 0 fully saturated rings. The molecule has 0 bridgehead atoms. The van der Waals surface area contributed by atoms with E-state index in [1.807, 2.05) is 13.8 Å². The lowest BCUT2D eigenvalue weighted by atomic mass is 10.2. The van der Waals surface area contributed by atoms with E-state index in [2.05, 4.69) is 5.16 Å². The Morgan fingerprint density at radius 1 is 1.50 bits per heavy atom. The topological polar surface area (TPSA) is 47.6 Å². The number of amidine groups is 1. The fraction of sp³-hybridized carbons (Fsp3) is 0.300. The van der Waals surface area contributed by atoms with E-state index in [0.717, 1.165) is 0 Å². The van der Waals surface area contributed by atoms with Gasteiger partial charge in [0.05, 0.1) is 0 Å². The van der Waals surface area contributed by atoms with Crippen molar-refractivity contribution in [3.8, 4) is 0 Å². The van der Waals surface area contributed by atoms with Crippen LogP contribution in [0, 0.1) is 5.82 Å². The summed E-state index contributed by atoms with van der Waals surface area (Å²) in [6, 6.07) is 5.90. The maximum atomic E-state index is 12.8. The summed E-state index contributed by atoms with van der Waals surface area (Å²) < 4.78 is 12.8. The van der Waals surface area contributed by atoms with Gasteiger partial charge in [-0.2, -0.15) is 0 Å². The number of benzene rings is 1. The molecule has 0 saturated carbocycles. The van der Waals surface area contributed by atoms with Gasteiger partial charge in [0, 0.05) is 5.56 Å². The van der Waals surface area contributed by atoms with Gasteiger partial charge in [0.15, 0.2) is 5.84 Å². The van der Waals surface area contributed by atoms with Crippen LogP contribution in [0.25, 0.3) is 0 Å². The third kappa shape index (κ3) is 3.05. The Bertz CT molecular complexity index is 337. The third-order valence-electron chi connectivity index (χ3n) is 1.48. The first-order valence-corrected chi connectivity index (χ1v) is 4.35. The van der Waals surface area contributed by atoms with Crippen molar-refractivity contribution in [2.24, 2.45) is 10.9 Å². The van der Waals surface area contributed by atoms with Crippen molar-refractivity contribution in [2.45, 2.75) is 20.0 Å². The van der Waals surface area contributed by atoms with Crippen molar-refractivity contribution in [3.05, 3.63) is 35.6 Å². The molecule has 0 aliphatic rings. The van der Waals surface area contributed by atoms with Crippen LogP contribution in [0.3, 0.4) is 0 Å². The predicted octanol–water partition coefficient (Wildman–Crippen LogP) is 1.87. The Labute approximate surface area is 82.4 Å². The van der Waals surface area contributed by atoms with E-state index in [9.17, 15) is 4.39 Å². The summed E-state index contributed by atoms with van der Waals surface area (Å²) in [6.07, 6.45) is -0.0397. The summed E-state index contributed by atoms with van der Waals surface area (Å²) in [5.74, 6) is -0.164. The molecule has 0 spiro atoms. The fourth-order valence-corrected chi connectivity index (χ4v) is 0.863. The second kappa shape index (κ2) is 4.60. The van der Waals surface area contributed by atoms with Gasteiger partial charge in [-0.25, -0.2) is 4.39 Å². The summed E-state index contributed by atoms with van der Waals surface area (Å²) >= 11 is 0.